The van der Waals surface area contributed by atoms with Crippen LogP contribution in [0.25, 0.3) is 0 Å². The van der Waals surface area contributed by atoms with E-state index in [0.717, 1.165) is 5.56 Å². The summed E-state index contributed by atoms with van der Waals surface area (Å²) in [6.45, 7) is -1.30. The number of hydrogen-bond donors (Lipinski definition) is 3. The second kappa shape index (κ2) is 8.16. The van der Waals surface area contributed by atoms with Crippen LogP contribution in [-0.4, -0.2) is 42.2 Å². The van der Waals surface area contributed by atoms with Crippen molar-refractivity contribution in [2.45, 2.75) is 19.0 Å². The van der Waals surface area contributed by atoms with Crippen molar-refractivity contribution >= 4 is 17.8 Å². The number of nitrogens with one attached hydrogen (secondary N) is 2. The van der Waals surface area contributed by atoms with Gasteiger partial charge in [-0.05, 0) is 24.1 Å². The number of amides is 2. The maximum Gasteiger partial charge on any atom is 0.405 e. The molecule has 9 heteroatoms. The number of halogens is 3. The second-order valence-electron chi connectivity index (χ2n) is 4.67. The van der Waals surface area contributed by atoms with Gasteiger partial charge in [-0.25, -0.2) is 4.79 Å². The topological polar surface area (TPSA) is 95.5 Å². The molecular weight excluding hydrogens is 317 g/mol. The van der Waals surface area contributed by atoms with Gasteiger partial charge in [-0.1, -0.05) is 12.1 Å². The number of hydrogen-bond acceptors (Lipinski definition) is 3. The summed E-state index contributed by atoms with van der Waals surface area (Å²) in [5, 5.41) is 12.7. The fourth-order valence-corrected chi connectivity index (χ4v) is 1.63. The molecule has 0 saturated heterocycles. The minimum absolute atomic E-state index is 0.138. The monoisotopic (exact) mass is 332 g/mol. The average molecular weight is 332 g/mol. The van der Waals surface area contributed by atoms with Crippen LogP contribution >= 0.6 is 0 Å². The lowest BCUT2D eigenvalue weighted by atomic mass is 10.1. The van der Waals surface area contributed by atoms with Gasteiger partial charge in [-0.3, -0.25) is 9.59 Å². The Balaban J connectivity index is 2.28. The molecule has 2 amide bonds. The molecule has 0 aromatic heterocycles. The lowest BCUT2D eigenvalue weighted by molar-refractivity contribution is -0.140. The first-order valence-electron chi connectivity index (χ1n) is 6.60. The molecule has 0 heterocycles. The molecule has 0 aliphatic heterocycles. The number of benzene rings is 1. The van der Waals surface area contributed by atoms with Crippen molar-refractivity contribution in [3.63, 3.8) is 0 Å². The van der Waals surface area contributed by atoms with E-state index in [9.17, 15) is 27.6 Å². The van der Waals surface area contributed by atoms with Gasteiger partial charge in [0.1, 0.15) is 13.0 Å². The van der Waals surface area contributed by atoms with Crippen LogP contribution in [0.2, 0.25) is 0 Å². The summed E-state index contributed by atoms with van der Waals surface area (Å²) in [5.74, 6) is -2.74. The number of rotatable bonds is 7. The minimum atomic E-state index is -4.52. The largest absolute Gasteiger partial charge is 0.478 e. The molecule has 3 N–H and O–H groups in total. The van der Waals surface area contributed by atoms with Gasteiger partial charge < -0.3 is 15.7 Å². The van der Waals surface area contributed by atoms with Crippen LogP contribution in [0.4, 0.5) is 13.2 Å². The maximum atomic E-state index is 11.9. The Hall–Kier alpha value is -2.58. The van der Waals surface area contributed by atoms with Crippen LogP contribution in [0.3, 0.4) is 0 Å². The highest BCUT2D eigenvalue weighted by Crippen LogP contribution is 2.12. The first kappa shape index (κ1) is 18.5. The molecule has 0 fully saturated rings. The Morgan fingerprint density at radius 2 is 1.57 bits per heavy atom. The molecule has 0 aliphatic rings. The normalized spacial score (nSPS) is 10.9. The summed E-state index contributed by atoms with van der Waals surface area (Å²) in [5.41, 5.74) is 0.913. The maximum absolute atomic E-state index is 11.9. The van der Waals surface area contributed by atoms with Gasteiger partial charge >= 0.3 is 12.1 Å². The van der Waals surface area contributed by atoms with E-state index in [2.05, 4.69) is 5.32 Å². The zero-order valence-electron chi connectivity index (χ0n) is 11.9. The Morgan fingerprint density at radius 3 is 2.09 bits per heavy atom. The lowest BCUT2D eigenvalue weighted by Gasteiger charge is -2.09. The fourth-order valence-electron chi connectivity index (χ4n) is 1.63. The van der Waals surface area contributed by atoms with Gasteiger partial charge in [-0.2, -0.15) is 13.2 Å². The van der Waals surface area contributed by atoms with Crippen LogP contribution in [0.15, 0.2) is 24.3 Å². The molecule has 0 bridgehead atoms. The van der Waals surface area contributed by atoms with E-state index in [0.29, 0.717) is 6.42 Å². The van der Waals surface area contributed by atoms with Crippen molar-refractivity contribution in [3.8, 4) is 0 Å². The van der Waals surface area contributed by atoms with E-state index < -0.39 is 36.9 Å². The zero-order valence-corrected chi connectivity index (χ0v) is 11.9. The molecule has 23 heavy (non-hydrogen) atoms. The molecule has 0 radical (unpaired) electrons. The molecule has 1 aromatic carbocycles. The number of aromatic carboxylic acids is 1. The third-order valence-corrected chi connectivity index (χ3v) is 2.74. The van der Waals surface area contributed by atoms with Crippen molar-refractivity contribution in [2.75, 3.05) is 13.1 Å². The Morgan fingerprint density at radius 1 is 1.00 bits per heavy atom. The Kier molecular flexibility index (Phi) is 6.55. The van der Waals surface area contributed by atoms with Crippen molar-refractivity contribution in [2.24, 2.45) is 0 Å². The summed E-state index contributed by atoms with van der Waals surface area (Å²) in [4.78, 5) is 33.2. The van der Waals surface area contributed by atoms with E-state index in [-0.39, 0.29) is 12.1 Å². The summed E-state index contributed by atoms with van der Waals surface area (Å²) < 4.78 is 35.6. The first-order chi connectivity index (χ1) is 10.7. The highest BCUT2D eigenvalue weighted by atomic mass is 19.4. The van der Waals surface area contributed by atoms with Crippen molar-refractivity contribution in [1.29, 1.82) is 0 Å². The number of carbonyl (C=O) groups is 3. The molecule has 1 aromatic rings. The van der Waals surface area contributed by atoms with E-state index in [4.69, 9.17) is 5.11 Å². The Bertz CT molecular complexity index is 570. The average Bonchev–Trinajstić information content (AvgIpc) is 2.45. The van der Waals surface area contributed by atoms with Crippen molar-refractivity contribution in [1.82, 2.24) is 10.6 Å². The molecule has 0 atom stereocenters. The molecule has 1 rings (SSSR count). The van der Waals surface area contributed by atoms with Gasteiger partial charge in [0.2, 0.25) is 11.8 Å². The fraction of sp³-hybridized carbons (Fsp3) is 0.357. The van der Waals surface area contributed by atoms with Gasteiger partial charge in [0.05, 0.1) is 5.56 Å². The molecule has 0 spiro atoms. The van der Waals surface area contributed by atoms with Gasteiger partial charge in [0.15, 0.2) is 0 Å². The second-order valence-corrected chi connectivity index (χ2v) is 4.67. The molecule has 126 valence electrons. The highest BCUT2D eigenvalue weighted by molar-refractivity contribution is 5.96. The number of alkyl halides is 3. The third kappa shape index (κ3) is 7.84. The molecular formula is C14H15F3N2O4. The van der Waals surface area contributed by atoms with Gasteiger partial charge in [0.25, 0.3) is 0 Å². The molecule has 0 saturated carbocycles. The standard InChI is InChI=1S/C14H15F3N2O4/c15-14(16,17)8-19-12(21)7-11(20)18-6-5-9-1-3-10(4-2-9)13(22)23/h1-4H,5-8H2,(H,18,20)(H,19,21)(H,22,23). The summed E-state index contributed by atoms with van der Waals surface area (Å²) in [6.07, 6.45) is -4.81. The number of carbonyl (C=O) groups excluding carboxylic acids is 2. The highest BCUT2D eigenvalue weighted by Gasteiger charge is 2.27. The van der Waals surface area contributed by atoms with Crippen LogP contribution < -0.4 is 10.6 Å². The number of carboxylic acids is 1. The van der Waals surface area contributed by atoms with E-state index in [1.54, 1.807) is 17.4 Å². The van der Waals surface area contributed by atoms with Gasteiger partial charge in [0, 0.05) is 6.54 Å². The predicted octanol–water partition coefficient (Wildman–Crippen LogP) is 1.11. The third-order valence-electron chi connectivity index (χ3n) is 2.74. The smallest absolute Gasteiger partial charge is 0.405 e. The van der Waals surface area contributed by atoms with Crippen LogP contribution in [0.5, 0.6) is 0 Å². The molecule has 0 aliphatic carbocycles. The van der Waals surface area contributed by atoms with E-state index in [1.165, 1.54) is 12.1 Å². The van der Waals surface area contributed by atoms with Crippen LogP contribution in [0.1, 0.15) is 22.3 Å². The summed E-state index contributed by atoms with van der Waals surface area (Å²) >= 11 is 0. The SMILES string of the molecule is O=C(CC(=O)NCC(F)(F)F)NCCc1ccc(C(=O)O)cc1. The molecule has 6 nitrogen and oxygen atoms in total. The van der Waals surface area contributed by atoms with E-state index in [1.807, 2.05) is 0 Å². The zero-order chi connectivity index (χ0) is 17.5. The minimum Gasteiger partial charge on any atom is -0.478 e. The van der Waals surface area contributed by atoms with Crippen molar-refractivity contribution in [3.05, 3.63) is 35.4 Å². The predicted molar refractivity (Wildman–Crippen MR) is 73.8 cm³/mol. The first-order valence-corrected chi connectivity index (χ1v) is 6.60. The quantitative estimate of drug-likeness (QED) is 0.652. The molecule has 0 unspecified atom stereocenters. The summed E-state index contributed by atoms with van der Waals surface area (Å²) in [7, 11) is 0. The Labute approximate surface area is 129 Å². The summed E-state index contributed by atoms with van der Waals surface area (Å²) in [6, 6.07) is 6.02. The van der Waals surface area contributed by atoms with E-state index >= 15 is 0 Å². The number of carboxylic acid groups (broad SMARTS) is 1. The van der Waals surface area contributed by atoms with Crippen molar-refractivity contribution < 1.29 is 32.7 Å². The van der Waals surface area contributed by atoms with Crippen LogP contribution in [-0.2, 0) is 16.0 Å². The van der Waals surface area contributed by atoms with Crippen LogP contribution in [0, 0.1) is 0 Å². The lowest BCUT2D eigenvalue weighted by Crippen LogP contribution is -2.37. The van der Waals surface area contributed by atoms with Gasteiger partial charge in [-0.15, -0.1) is 0 Å².